The number of ether oxygens (including phenoxy) is 1. The molecule has 0 saturated carbocycles. The lowest BCUT2D eigenvalue weighted by Crippen LogP contribution is -2.29. The molecule has 1 atom stereocenters. The summed E-state index contributed by atoms with van der Waals surface area (Å²) in [5.41, 5.74) is 0.160. The Morgan fingerprint density at radius 2 is 1.91 bits per heavy atom. The molecule has 6 nitrogen and oxygen atoms in total. The summed E-state index contributed by atoms with van der Waals surface area (Å²) in [6.07, 6.45) is 3.08. The summed E-state index contributed by atoms with van der Waals surface area (Å²) in [4.78, 5) is 31.1. The third-order valence-corrected chi connectivity index (χ3v) is 5.23. The smallest absolute Gasteiger partial charge is 0.295 e. The van der Waals surface area contributed by atoms with Gasteiger partial charge >= 0.3 is 0 Å². The van der Waals surface area contributed by atoms with Crippen molar-refractivity contribution in [1.82, 2.24) is 9.88 Å². The minimum absolute atomic E-state index is 0.0208. The molecule has 1 aliphatic rings. The Balaban J connectivity index is 1.93. The molecule has 2 aromatic carbocycles. The molecule has 0 bridgehead atoms. The maximum Gasteiger partial charge on any atom is 0.295 e. The van der Waals surface area contributed by atoms with Gasteiger partial charge < -0.3 is 14.7 Å². The maximum absolute atomic E-state index is 14.8. The number of aliphatic hydroxyl groups excluding tert-OH is 1. The highest BCUT2D eigenvalue weighted by Gasteiger charge is 2.47. The highest BCUT2D eigenvalue weighted by Crippen LogP contribution is 2.42. The Morgan fingerprint density at radius 1 is 1.12 bits per heavy atom. The zero-order valence-corrected chi connectivity index (χ0v) is 17.0. The van der Waals surface area contributed by atoms with Crippen molar-refractivity contribution in [3.8, 4) is 5.75 Å². The Hall–Kier alpha value is -4.07. The Kier molecular flexibility index (Phi) is 5.68. The first kappa shape index (κ1) is 21.2. The summed E-state index contributed by atoms with van der Waals surface area (Å²) in [6, 6.07) is 11.2. The van der Waals surface area contributed by atoms with E-state index in [0.717, 1.165) is 17.0 Å². The van der Waals surface area contributed by atoms with Gasteiger partial charge in [0.1, 0.15) is 23.1 Å². The summed E-state index contributed by atoms with van der Waals surface area (Å²) in [7, 11) is 1.32. The number of likely N-dealkylation sites (tertiary alicyclic amines) is 1. The molecule has 1 aromatic heterocycles. The second-order valence-corrected chi connectivity index (χ2v) is 7.15. The van der Waals surface area contributed by atoms with Gasteiger partial charge in [0.2, 0.25) is 0 Å². The number of methoxy groups -OCH3 is 1. The minimum atomic E-state index is -1.23. The second-order valence-electron chi connectivity index (χ2n) is 7.15. The van der Waals surface area contributed by atoms with Gasteiger partial charge in [0.15, 0.2) is 0 Å². The highest BCUT2D eigenvalue weighted by atomic mass is 19.1. The lowest BCUT2D eigenvalue weighted by molar-refractivity contribution is -0.140. The molecular formula is C24H18F2N2O4. The first-order valence-corrected chi connectivity index (χ1v) is 9.68. The average molecular weight is 436 g/mol. The van der Waals surface area contributed by atoms with E-state index in [1.165, 1.54) is 37.6 Å². The number of ketones is 1. The van der Waals surface area contributed by atoms with Crippen LogP contribution >= 0.6 is 0 Å². The van der Waals surface area contributed by atoms with Crippen LogP contribution in [-0.4, -0.2) is 33.8 Å². The van der Waals surface area contributed by atoms with Crippen molar-refractivity contribution in [3.05, 3.63) is 101 Å². The van der Waals surface area contributed by atoms with E-state index >= 15 is 0 Å². The lowest BCUT2D eigenvalue weighted by Gasteiger charge is -2.25. The van der Waals surface area contributed by atoms with E-state index in [2.05, 4.69) is 4.98 Å². The molecule has 1 N–H and O–H groups in total. The standard InChI is InChI=1S/C24H18F2N2O4/c1-32-19-9-8-15(25)11-17(19)22(29)20-21(16-6-2-3-7-18(16)26)28(24(31)23(20)30)13-14-5-4-10-27-12-14/h2-12,21,29H,13H2,1H3/b22-20+. The van der Waals surface area contributed by atoms with E-state index in [9.17, 15) is 23.5 Å². The van der Waals surface area contributed by atoms with Crippen LogP contribution in [0.3, 0.4) is 0 Å². The van der Waals surface area contributed by atoms with E-state index in [1.807, 2.05) is 0 Å². The number of rotatable bonds is 5. The van der Waals surface area contributed by atoms with Crippen molar-refractivity contribution in [3.63, 3.8) is 0 Å². The topological polar surface area (TPSA) is 79.7 Å². The van der Waals surface area contributed by atoms with Crippen LogP contribution < -0.4 is 4.74 Å². The number of halogens is 2. The van der Waals surface area contributed by atoms with Gasteiger partial charge in [-0.3, -0.25) is 14.6 Å². The molecule has 32 heavy (non-hydrogen) atoms. The monoisotopic (exact) mass is 436 g/mol. The van der Waals surface area contributed by atoms with E-state index in [0.29, 0.717) is 5.56 Å². The van der Waals surface area contributed by atoms with Gasteiger partial charge in [0, 0.05) is 24.5 Å². The number of carbonyl (C=O) groups is 2. The SMILES string of the molecule is COc1ccc(F)cc1/C(O)=C1\C(=O)C(=O)N(Cc2cccnc2)C1c1ccccc1F. The second kappa shape index (κ2) is 8.58. The number of benzene rings is 2. The van der Waals surface area contributed by atoms with E-state index in [-0.39, 0.29) is 29.0 Å². The molecule has 1 amide bonds. The lowest BCUT2D eigenvalue weighted by atomic mass is 9.94. The molecular weight excluding hydrogens is 418 g/mol. The number of aliphatic hydroxyl groups is 1. The van der Waals surface area contributed by atoms with Gasteiger partial charge in [0.05, 0.1) is 24.3 Å². The first-order chi connectivity index (χ1) is 15.4. The van der Waals surface area contributed by atoms with E-state index in [4.69, 9.17) is 4.74 Å². The van der Waals surface area contributed by atoms with Crippen molar-refractivity contribution in [2.45, 2.75) is 12.6 Å². The van der Waals surface area contributed by atoms with Crippen molar-refractivity contribution in [1.29, 1.82) is 0 Å². The number of carbonyl (C=O) groups excluding carboxylic acids is 2. The van der Waals surface area contributed by atoms with Gasteiger partial charge in [-0.1, -0.05) is 24.3 Å². The molecule has 1 fully saturated rings. The molecule has 1 aliphatic heterocycles. The molecule has 0 radical (unpaired) electrons. The van der Waals surface area contributed by atoms with Gasteiger partial charge in [0.25, 0.3) is 11.7 Å². The van der Waals surface area contributed by atoms with E-state index < -0.39 is 35.1 Å². The van der Waals surface area contributed by atoms with Crippen LogP contribution in [0.5, 0.6) is 5.75 Å². The van der Waals surface area contributed by atoms with Gasteiger partial charge in [-0.05, 0) is 35.9 Å². The largest absolute Gasteiger partial charge is 0.507 e. The predicted molar refractivity (Wildman–Crippen MR) is 111 cm³/mol. The van der Waals surface area contributed by atoms with Crippen LogP contribution in [0.15, 0.2) is 72.6 Å². The van der Waals surface area contributed by atoms with Crippen LogP contribution in [0.1, 0.15) is 22.7 Å². The summed E-state index contributed by atoms with van der Waals surface area (Å²) in [6.45, 7) is -0.0471. The highest BCUT2D eigenvalue weighted by molar-refractivity contribution is 6.46. The number of aromatic nitrogens is 1. The molecule has 1 unspecified atom stereocenters. The quantitative estimate of drug-likeness (QED) is 0.372. The summed E-state index contributed by atoms with van der Waals surface area (Å²) < 4.78 is 33.9. The number of pyridine rings is 1. The Bertz CT molecular complexity index is 1230. The summed E-state index contributed by atoms with van der Waals surface area (Å²) in [5, 5.41) is 11.0. The number of amides is 1. The van der Waals surface area contributed by atoms with Crippen LogP contribution in [0.25, 0.3) is 5.76 Å². The van der Waals surface area contributed by atoms with Gasteiger partial charge in [-0.15, -0.1) is 0 Å². The van der Waals surface area contributed by atoms with E-state index in [1.54, 1.807) is 24.4 Å². The summed E-state index contributed by atoms with van der Waals surface area (Å²) in [5.74, 6) is -3.83. The third kappa shape index (κ3) is 3.71. The fraction of sp³-hybridized carbons (Fsp3) is 0.125. The molecule has 0 aliphatic carbocycles. The zero-order valence-electron chi connectivity index (χ0n) is 17.0. The molecule has 162 valence electrons. The predicted octanol–water partition coefficient (Wildman–Crippen LogP) is 3.99. The molecule has 1 saturated heterocycles. The van der Waals surface area contributed by atoms with Crippen molar-refractivity contribution in [2.24, 2.45) is 0 Å². The Labute approximate surface area is 182 Å². The number of Topliss-reactive ketones (excluding diaryl/α,β-unsaturated/α-hetero) is 1. The van der Waals surface area contributed by atoms with Gasteiger partial charge in [-0.2, -0.15) is 0 Å². The van der Waals surface area contributed by atoms with Crippen molar-refractivity contribution >= 4 is 17.4 Å². The summed E-state index contributed by atoms with van der Waals surface area (Å²) >= 11 is 0. The van der Waals surface area contributed by atoms with Gasteiger partial charge in [-0.25, -0.2) is 8.78 Å². The third-order valence-electron chi connectivity index (χ3n) is 5.23. The average Bonchev–Trinajstić information content (AvgIpc) is 3.04. The van der Waals surface area contributed by atoms with Crippen LogP contribution in [0.4, 0.5) is 8.78 Å². The number of hydrogen-bond acceptors (Lipinski definition) is 5. The number of hydrogen-bond donors (Lipinski definition) is 1. The normalized spacial score (nSPS) is 17.6. The maximum atomic E-state index is 14.8. The zero-order chi connectivity index (χ0) is 22.8. The molecule has 4 rings (SSSR count). The molecule has 3 aromatic rings. The molecule has 0 spiro atoms. The number of nitrogens with zero attached hydrogens (tertiary/aromatic N) is 2. The van der Waals surface area contributed by atoms with Crippen LogP contribution in [-0.2, 0) is 16.1 Å². The van der Waals surface area contributed by atoms with Crippen molar-refractivity contribution in [2.75, 3.05) is 7.11 Å². The fourth-order valence-corrected chi connectivity index (χ4v) is 3.76. The molecule has 8 heteroatoms. The minimum Gasteiger partial charge on any atom is -0.507 e. The van der Waals surface area contributed by atoms with Crippen LogP contribution in [0.2, 0.25) is 0 Å². The fourth-order valence-electron chi connectivity index (χ4n) is 3.76. The first-order valence-electron chi connectivity index (χ1n) is 9.68. The van der Waals surface area contributed by atoms with Crippen molar-refractivity contribution < 1.29 is 28.2 Å². The molecule has 2 heterocycles. The van der Waals surface area contributed by atoms with Crippen LogP contribution in [0, 0.1) is 11.6 Å². The Morgan fingerprint density at radius 3 is 2.59 bits per heavy atom.